The number of benzene rings is 1. The number of rotatable bonds is 3. The van der Waals surface area contributed by atoms with Gasteiger partial charge in [-0.3, -0.25) is 9.36 Å². The lowest BCUT2D eigenvalue weighted by molar-refractivity contribution is 0.0473. The Labute approximate surface area is 138 Å². The van der Waals surface area contributed by atoms with Gasteiger partial charge in [0.05, 0.1) is 9.90 Å². The summed E-state index contributed by atoms with van der Waals surface area (Å²) in [5, 5.41) is 1.43. The van der Waals surface area contributed by atoms with Gasteiger partial charge in [0.15, 0.2) is 0 Å². The lowest BCUT2D eigenvalue weighted by Crippen LogP contribution is -2.36. The average molecular weight is 351 g/mol. The van der Waals surface area contributed by atoms with Crippen LogP contribution in [0.5, 0.6) is 0 Å². The van der Waals surface area contributed by atoms with Crippen molar-refractivity contribution in [1.29, 1.82) is 0 Å². The van der Waals surface area contributed by atoms with Gasteiger partial charge in [-0.2, -0.15) is 0 Å². The summed E-state index contributed by atoms with van der Waals surface area (Å²) < 4.78 is 6.95. The normalized spacial score (nSPS) is 10.9. The minimum atomic E-state index is -0.810. The first-order valence-corrected chi connectivity index (χ1v) is 7.80. The van der Waals surface area contributed by atoms with Gasteiger partial charge in [0.25, 0.3) is 5.56 Å². The first kappa shape index (κ1) is 15.5. The molecule has 2 heterocycles. The summed E-state index contributed by atoms with van der Waals surface area (Å²) in [5.74, 6) is -0.810. The summed E-state index contributed by atoms with van der Waals surface area (Å²) in [4.78, 5) is 38.2. The smallest absolute Gasteiger partial charge is 0.345 e. The largest absolute Gasteiger partial charge is 0.456 e. The third kappa shape index (κ3) is 2.80. The quantitative estimate of drug-likeness (QED) is 0.735. The van der Waals surface area contributed by atoms with Gasteiger partial charge in [0.1, 0.15) is 12.2 Å². The number of fused-ring (bicyclic) bond motifs is 1. The summed E-state index contributed by atoms with van der Waals surface area (Å²) in [6, 6.07) is 7.59. The van der Waals surface area contributed by atoms with Crippen LogP contribution in [-0.2, 0) is 18.4 Å². The van der Waals surface area contributed by atoms with Crippen molar-refractivity contribution in [2.45, 2.75) is 6.61 Å². The highest BCUT2D eigenvalue weighted by Gasteiger charge is 2.17. The Morgan fingerprint density at radius 1 is 1.35 bits per heavy atom. The molecule has 0 amide bonds. The van der Waals surface area contributed by atoms with Crippen molar-refractivity contribution in [2.24, 2.45) is 7.05 Å². The Bertz CT molecular complexity index is 1020. The van der Waals surface area contributed by atoms with Crippen molar-refractivity contribution in [3.63, 3.8) is 0 Å². The number of aromatic nitrogens is 2. The molecule has 0 saturated carbocycles. The summed E-state index contributed by atoms with van der Waals surface area (Å²) in [6.45, 7) is -0.0424. The summed E-state index contributed by atoms with van der Waals surface area (Å²) >= 11 is 7.69. The molecule has 118 valence electrons. The number of carbonyl (C=O) groups excluding carboxylic acids is 1. The molecule has 1 aromatic carbocycles. The molecule has 0 radical (unpaired) electrons. The number of nitrogens with zero attached hydrogens (tertiary/aromatic N) is 1. The molecule has 3 rings (SSSR count). The molecule has 2 aromatic heterocycles. The van der Waals surface area contributed by atoms with Gasteiger partial charge in [-0.05, 0) is 6.07 Å². The number of thiophene rings is 1. The number of esters is 1. The van der Waals surface area contributed by atoms with E-state index in [0.29, 0.717) is 9.90 Å². The van der Waals surface area contributed by atoms with Crippen LogP contribution in [0.25, 0.3) is 10.1 Å². The molecule has 0 aliphatic heterocycles. The first-order valence-electron chi connectivity index (χ1n) is 6.61. The molecule has 0 aliphatic rings. The standard InChI is InChI=1S/C15H11ClN2O4S/c1-18-13(19)9(6-17-15(18)21)14(20)22-7-11-12(16)8-4-2-3-5-10(8)23-11/h2-6H,7H2,1H3,(H,17,21). The Morgan fingerprint density at radius 3 is 2.83 bits per heavy atom. The summed E-state index contributed by atoms with van der Waals surface area (Å²) in [6.07, 6.45) is 1.06. The lowest BCUT2D eigenvalue weighted by atomic mass is 10.2. The van der Waals surface area contributed by atoms with E-state index in [-0.39, 0.29) is 12.2 Å². The Balaban J connectivity index is 1.84. The van der Waals surface area contributed by atoms with Gasteiger partial charge in [0.2, 0.25) is 0 Å². The van der Waals surface area contributed by atoms with Crippen LogP contribution in [-0.4, -0.2) is 15.5 Å². The monoisotopic (exact) mass is 350 g/mol. The molecule has 0 bridgehead atoms. The maximum Gasteiger partial charge on any atom is 0.345 e. The van der Waals surface area contributed by atoms with E-state index >= 15 is 0 Å². The van der Waals surface area contributed by atoms with Gasteiger partial charge in [-0.15, -0.1) is 11.3 Å². The number of aromatic amines is 1. The van der Waals surface area contributed by atoms with Crippen LogP contribution >= 0.6 is 22.9 Å². The molecule has 0 saturated heterocycles. The van der Waals surface area contributed by atoms with E-state index in [1.54, 1.807) is 0 Å². The van der Waals surface area contributed by atoms with Crippen molar-refractivity contribution in [2.75, 3.05) is 0 Å². The van der Waals surface area contributed by atoms with E-state index < -0.39 is 17.2 Å². The number of carbonyl (C=O) groups is 1. The average Bonchev–Trinajstić information content (AvgIpc) is 2.87. The molecule has 0 unspecified atom stereocenters. The third-order valence-corrected chi connectivity index (χ3v) is 5.02. The molecule has 23 heavy (non-hydrogen) atoms. The highest BCUT2D eigenvalue weighted by Crippen LogP contribution is 2.35. The minimum Gasteiger partial charge on any atom is -0.456 e. The van der Waals surface area contributed by atoms with Gasteiger partial charge in [-0.25, -0.2) is 9.59 Å². The van der Waals surface area contributed by atoms with Gasteiger partial charge < -0.3 is 9.72 Å². The highest BCUT2D eigenvalue weighted by atomic mass is 35.5. The van der Waals surface area contributed by atoms with E-state index in [1.165, 1.54) is 18.4 Å². The lowest BCUT2D eigenvalue weighted by Gasteiger charge is -2.04. The Hall–Kier alpha value is -2.38. The zero-order valence-corrected chi connectivity index (χ0v) is 13.5. The maximum absolute atomic E-state index is 12.0. The van der Waals surface area contributed by atoms with Crippen molar-refractivity contribution >= 4 is 39.0 Å². The molecule has 0 fully saturated rings. The molecule has 3 aromatic rings. The molecule has 0 spiro atoms. The molecule has 0 aliphatic carbocycles. The van der Waals surface area contributed by atoms with Crippen molar-refractivity contribution in [3.8, 4) is 0 Å². The number of hydrogen-bond donors (Lipinski definition) is 1. The summed E-state index contributed by atoms with van der Waals surface area (Å²) in [5.41, 5.74) is -1.54. The van der Waals surface area contributed by atoms with Gasteiger partial charge in [0, 0.05) is 23.3 Å². The number of halogens is 1. The molecule has 6 nitrogen and oxygen atoms in total. The Morgan fingerprint density at radius 2 is 2.09 bits per heavy atom. The fourth-order valence-corrected chi connectivity index (χ4v) is 3.48. The zero-order chi connectivity index (χ0) is 16.6. The minimum absolute atomic E-state index is 0.0424. The van der Waals surface area contributed by atoms with Crippen LogP contribution in [0.4, 0.5) is 0 Å². The van der Waals surface area contributed by atoms with Crippen LogP contribution in [0.2, 0.25) is 5.02 Å². The van der Waals surface area contributed by atoms with Crippen LogP contribution < -0.4 is 11.2 Å². The van der Waals surface area contributed by atoms with E-state index in [9.17, 15) is 14.4 Å². The predicted molar refractivity (Wildman–Crippen MR) is 88.3 cm³/mol. The van der Waals surface area contributed by atoms with Crippen molar-refractivity contribution in [1.82, 2.24) is 9.55 Å². The van der Waals surface area contributed by atoms with Crippen LogP contribution in [0.15, 0.2) is 40.1 Å². The number of nitrogens with one attached hydrogen (secondary N) is 1. The predicted octanol–water partition coefficient (Wildman–Crippen LogP) is 2.30. The molecule has 0 atom stereocenters. The maximum atomic E-state index is 12.0. The first-order chi connectivity index (χ1) is 11.0. The van der Waals surface area contributed by atoms with Crippen molar-refractivity contribution in [3.05, 3.63) is 66.8 Å². The third-order valence-electron chi connectivity index (χ3n) is 3.34. The van der Waals surface area contributed by atoms with E-state index in [1.807, 2.05) is 24.3 Å². The van der Waals surface area contributed by atoms with Crippen LogP contribution in [0.1, 0.15) is 15.2 Å². The molecule has 1 N–H and O–H groups in total. The second-order valence-electron chi connectivity index (χ2n) is 4.78. The fraction of sp³-hybridized carbons (Fsp3) is 0.133. The molecule has 8 heteroatoms. The number of ether oxygens (including phenoxy) is 1. The topological polar surface area (TPSA) is 81.2 Å². The summed E-state index contributed by atoms with van der Waals surface area (Å²) in [7, 11) is 1.28. The van der Waals surface area contributed by atoms with Crippen LogP contribution in [0, 0.1) is 0 Å². The van der Waals surface area contributed by atoms with E-state index in [0.717, 1.165) is 20.9 Å². The van der Waals surface area contributed by atoms with Crippen molar-refractivity contribution < 1.29 is 9.53 Å². The van der Waals surface area contributed by atoms with Gasteiger partial charge >= 0.3 is 11.7 Å². The second-order valence-corrected chi connectivity index (χ2v) is 6.30. The molecular weight excluding hydrogens is 340 g/mol. The van der Waals surface area contributed by atoms with E-state index in [2.05, 4.69) is 4.98 Å². The van der Waals surface area contributed by atoms with Gasteiger partial charge in [-0.1, -0.05) is 29.8 Å². The highest BCUT2D eigenvalue weighted by molar-refractivity contribution is 7.19. The van der Waals surface area contributed by atoms with E-state index in [4.69, 9.17) is 16.3 Å². The number of hydrogen-bond acceptors (Lipinski definition) is 5. The SMILES string of the molecule is Cn1c(=O)[nH]cc(C(=O)OCc2sc3ccccc3c2Cl)c1=O. The number of H-pyrrole nitrogens is 1. The molecular formula is C15H11ClN2O4S. The van der Waals surface area contributed by atoms with Crippen LogP contribution in [0.3, 0.4) is 0 Å². The fourth-order valence-electron chi connectivity index (χ4n) is 2.08. The second kappa shape index (κ2) is 6.02. The Kier molecular flexibility index (Phi) is 4.06. The zero-order valence-electron chi connectivity index (χ0n) is 12.0.